The predicted molar refractivity (Wildman–Crippen MR) is 114 cm³/mol. The summed E-state index contributed by atoms with van der Waals surface area (Å²) in [5.41, 5.74) is 0.831. The number of likely N-dealkylation sites (tertiary alicyclic amines) is 1. The fourth-order valence-corrected chi connectivity index (χ4v) is 3.45. The third kappa shape index (κ3) is 4.94. The van der Waals surface area contributed by atoms with Gasteiger partial charge in [0.1, 0.15) is 17.3 Å². The molecule has 3 rings (SSSR count). The van der Waals surface area contributed by atoms with Gasteiger partial charge in [-0.2, -0.15) is 0 Å². The lowest BCUT2D eigenvalue weighted by Gasteiger charge is -2.25. The molecule has 1 amide bonds. The Morgan fingerprint density at radius 2 is 1.87 bits per heavy atom. The molecule has 0 saturated carbocycles. The largest absolute Gasteiger partial charge is 0.507 e. The SMILES string of the molecule is COCCN1C(=O)C(=O)/C(=C(\O)c2ccc(F)cc2)C1c1cccc(OCC(C)C)c1. The molecular weight excluding hydrogens is 401 g/mol. The summed E-state index contributed by atoms with van der Waals surface area (Å²) in [5, 5.41) is 10.9. The van der Waals surface area contributed by atoms with Gasteiger partial charge in [0.15, 0.2) is 0 Å². The quantitative estimate of drug-likeness (QED) is 0.393. The molecule has 1 atom stereocenters. The number of hydrogen-bond acceptors (Lipinski definition) is 5. The van der Waals surface area contributed by atoms with E-state index in [1.54, 1.807) is 24.3 Å². The molecule has 0 spiro atoms. The molecule has 1 N–H and O–H groups in total. The summed E-state index contributed by atoms with van der Waals surface area (Å²) in [6.45, 7) is 4.98. The van der Waals surface area contributed by atoms with E-state index in [1.165, 1.54) is 36.3 Å². The van der Waals surface area contributed by atoms with Crippen molar-refractivity contribution in [1.82, 2.24) is 4.90 Å². The first-order valence-electron chi connectivity index (χ1n) is 10.1. The van der Waals surface area contributed by atoms with Crippen molar-refractivity contribution in [2.75, 3.05) is 26.9 Å². The third-order valence-electron chi connectivity index (χ3n) is 4.95. The number of carbonyl (C=O) groups excluding carboxylic acids is 2. The van der Waals surface area contributed by atoms with Crippen molar-refractivity contribution in [1.29, 1.82) is 0 Å². The van der Waals surface area contributed by atoms with Gasteiger partial charge in [0.05, 0.1) is 24.8 Å². The molecule has 1 saturated heterocycles. The Balaban J connectivity index is 2.09. The molecule has 2 aromatic rings. The first kappa shape index (κ1) is 22.5. The Morgan fingerprint density at radius 1 is 1.16 bits per heavy atom. The van der Waals surface area contributed by atoms with Gasteiger partial charge in [0.25, 0.3) is 11.7 Å². The molecule has 0 radical (unpaired) electrons. The van der Waals surface area contributed by atoms with E-state index >= 15 is 0 Å². The molecule has 1 aliphatic rings. The molecule has 0 aliphatic carbocycles. The van der Waals surface area contributed by atoms with Gasteiger partial charge in [-0.05, 0) is 47.9 Å². The number of rotatable bonds is 8. The molecule has 164 valence electrons. The van der Waals surface area contributed by atoms with Gasteiger partial charge in [-0.15, -0.1) is 0 Å². The number of methoxy groups -OCH3 is 1. The molecule has 1 heterocycles. The first-order chi connectivity index (χ1) is 14.8. The van der Waals surface area contributed by atoms with Crippen LogP contribution in [0.1, 0.15) is 31.0 Å². The lowest BCUT2D eigenvalue weighted by molar-refractivity contribution is -0.140. The van der Waals surface area contributed by atoms with E-state index in [-0.39, 0.29) is 30.0 Å². The van der Waals surface area contributed by atoms with Crippen LogP contribution in [0.15, 0.2) is 54.1 Å². The van der Waals surface area contributed by atoms with Gasteiger partial charge in [0, 0.05) is 19.2 Å². The maximum Gasteiger partial charge on any atom is 0.295 e. The summed E-state index contributed by atoms with van der Waals surface area (Å²) in [6.07, 6.45) is 0. The number of halogens is 1. The maximum atomic E-state index is 13.3. The van der Waals surface area contributed by atoms with Crippen LogP contribution in [0.2, 0.25) is 0 Å². The Morgan fingerprint density at radius 3 is 2.52 bits per heavy atom. The zero-order valence-corrected chi connectivity index (χ0v) is 17.8. The van der Waals surface area contributed by atoms with E-state index in [4.69, 9.17) is 9.47 Å². The maximum absolute atomic E-state index is 13.3. The van der Waals surface area contributed by atoms with Crippen LogP contribution in [-0.2, 0) is 14.3 Å². The predicted octanol–water partition coefficient (Wildman–Crippen LogP) is 3.93. The average Bonchev–Trinajstić information content (AvgIpc) is 3.01. The zero-order valence-electron chi connectivity index (χ0n) is 17.8. The second-order valence-corrected chi connectivity index (χ2v) is 7.77. The van der Waals surface area contributed by atoms with E-state index in [1.807, 2.05) is 13.8 Å². The van der Waals surface area contributed by atoms with Crippen LogP contribution in [0.3, 0.4) is 0 Å². The number of nitrogens with zero attached hydrogens (tertiary/aromatic N) is 1. The van der Waals surface area contributed by atoms with Gasteiger partial charge >= 0.3 is 0 Å². The number of carbonyl (C=O) groups is 2. The molecule has 0 bridgehead atoms. The topological polar surface area (TPSA) is 76.1 Å². The van der Waals surface area contributed by atoms with Gasteiger partial charge in [-0.25, -0.2) is 4.39 Å². The number of Topliss-reactive ketones (excluding diaryl/α,β-unsaturated/α-hetero) is 1. The van der Waals surface area contributed by atoms with Crippen molar-refractivity contribution < 1.29 is 28.6 Å². The van der Waals surface area contributed by atoms with Gasteiger partial charge in [-0.1, -0.05) is 26.0 Å². The highest BCUT2D eigenvalue weighted by atomic mass is 19.1. The lowest BCUT2D eigenvalue weighted by Crippen LogP contribution is -2.32. The van der Waals surface area contributed by atoms with Crippen LogP contribution in [-0.4, -0.2) is 48.6 Å². The van der Waals surface area contributed by atoms with E-state index in [2.05, 4.69) is 0 Å². The number of benzene rings is 2. The van der Waals surface area contributed by atoms with Crippen molar-refractivity contribution >= 4 is 17.4 Å². The minimum absolute atomic E-state index is 0.0475. The van der Waals surface area contributed by atoms with Gasteiger partial charge in [-0.3, -0.25) is 9.59 Å². The lowest BCUT2D eigenvalue weighted by atomic mass is 9.95. The number of ketones is 1. The van der Waals surface area contributed by atoms with Crippen LogP contribution >= 0.6 is 0 Å². The van der Waals surface area contributed by atoms with Crippen molar-refractivity contribution in [2.24, 2.45) is 5.92 Å². The van der Waals surface area contributed by atoms with Crippen molar-refractivity contribution in [3.05, 3.63) is 71.0 Å². The first-order valence-corrected chi connectivity index (χ1v) is 10.1. The minimum atomic E-state index is -0.817. The van der Waals surface area contributed by atoms with Crippen molar-refractivity contribution in [3.63, 3.8) is 0 Å². The Hall–Kier alpha value is -3.19. The molecule has 1 unspecified atom stereocenters. The highest BCUT2D eigenvalue weighted by Crippen LogP contribution is 2.40. The number of aliphatic hydroxyl groups excluding tert-OH is 1. The standard InChI is InChI=1S/C24H26FNO5/c1-15(2)14-31-19-6-4-5-17(13-19)21-20(22(27)16-7-9-18(25)10-8-16)23(28)24(29)26(21)11-12-30-3/h4-10,13,15,21,27H,11-12,14H2,1-3H3/b22-20-. The molecule has 1 fully saturated rings. The van der Waals surface area contributed by atoms with Crippen LogP contribution in [0, 0.1) is 11.7 Å². The molecular formula is C24H26FNO5. The number of ether oxygens (including phenoxy) is 2. The number of amides is 1. The van der Waals surface area contributed by atoms with Gasteiger partial charge in [0.2, 0.25) is 0 Å². The molecule has 1 aliphatic heterocycles. The Kier molecular flexibility index (Phi) is 7.07. The van der Waals surface area contributed by atoms with E-state index < -0.39 is 23.5 Å². The minimum Gasteiger partial charge on any atom is -0.507 e. The summed E-state index contributed by atoms with van der Waals surface area (Å²) in [4.78, 5) is 27.0. The highest BCUT2D eigenvalue weighted by molar-refractivity contribution is 6.46. The monoisotopic (exact) mass is 427 g/mol. The Labute approximate surface area is 180 Å². The van der Waals surface area contributed by atoms with Crippen molar-refractivity contribution in [2.45, 2.75) is 19.9 Å². The van der Waals surface area contributed by atoms with Crippen molar-refractivity contribution in [3.8, 4) is 5.75 Å². The molecule has 7 heteroatoms. The summed E-state index contributed by atoms with van der Waals surface area (Å²) >= 11 is 0. The summed E-state index contributed by atoms with van der Waals surface area (Å²) in [6, 6.07) is 11.4. The van der Waals surface area contributed by atoms with Crippen LogP contribution in [0.5, 0.6) is 5.75 Å². The molecule has 0 aromatic heterocycles. The summed E-state index contributed by atoms with van der Waals surface area (Å²) in [7, 11) is 1.50. The highest BCUT2D eigenvalue weighted by Gasteiger charge is 2.46. The number of aliphatic hydroxyl groups is 1. The zero-order chi connectivity index (χ0) is 22.5. The summed E-state index contributed by atoms with van der Waals surface area (Å²) in [5.74, 6) is -1.41. The molecule has 6 nitrogen and oxygen atoms in total. The second-order valence-electron chi connectivity index (χ2n) is 7.77. The van der Waals surface area contributed by atoms with Crippen LogP contribution in [0.25, 0.3) is 5.76 Å². The Bertz CT molecular complexity index is 984. The van der Waals surface area contributed by atoms with E-state index in [9.17, 15) is 19.1 Å². The third-order valence-corrected chi connectivity index (χ3v) is 4.95. The fraction of sp³-hybridized carbons (Fsp3) is 0.333. The normalized spacial score (nSPS) is 18.1. The van der Waals surface area contributed by atoms with Crippen LogP contribution < -0.4 is 4.74 Å². The molecule has 2 aromatic carbocycles. The second kappa shape index (κ2) is 9.75. The molecule has 31 heavy (non-hydrogen) atoms. The average molecular weight is 427 g/mol. The van der Waals surface area contributed by atoms with Gasteiger partial charge < -0.3 is 19.5 Å². The fourth-order valence-electron chi connectivity index (χ4n) is 3.45. The van der Waals surface area contributed by atoms with E-state index in [0.29, 0.717) is 23.8 Å². The summed E-state index contributed by atoms with van der Waals surface area (Å²) < 4.78 is 24.2. The van der Waals surface area contributed by atoms with E-state index in [0.717, 1.165) is 0 Å². The van der Waals surface area contributed by atoms with Crippen LogP contribution in [0.4, 0.5) is 4.39 Å². The number of hydrogen-bond donors (Lipinski definition) is 1. The smallest absolute Gasteiger partial charge is 0.295 e.